The Hall–Kier alpha value is -6.67. The number of hydrogen-bond donors (Lipinski definition) is 2. The van der Waals surface area contributed by atoms with E-state index >= 15 is 0 Å². The zero-order valence-electron chi connectivity index (χ0n) is 53.2. The van der Waals surface area contributed by atoms with Gasteiger partial charge in [-0.2, -0.15) is 22.6 Å². The van der Waals surface area contributed by atoms with Crippen LogP contribution in [0.4, 0.5) is 26.3 Å². The van der Waals surface area contributed by atoms with E-state index in [4.69, 9.17) is 13.7 Å². The number of fused-ring (bicyclic) bond motifs is 2. The number of likely N-dealkylation sites (tertiary alicyclic amines) is 2. The van der Waals surface area contributed by atoms with E-state index < -0.39 is 140 Å². The maximum atomic E-state index is 12.4. The SMILES string of the molecule is C.C.C.C.C.C.C.C.C.C.C.C.C.C.CC1C(=O)N(C(F)(F)F)C(=O)C1C.CC1C(=O)N(C)C(=O)C1C.CC1C(=O)N(O)C(=O)C1C.CC1C(=O)N(OS(=O)OC(F)(F)F)C(=O)C1C.CC1C(=O)N(OS(=O)OCC23CCC(CC2=O)C3(C)C)C(=O)C1C.CC1C(=O)NC(=O)C1C.CC1C(=O)OC(=O)C1C. The molecule has 9 fully saturated rings. The number of carbonyl (C=O) groups is 15. The van der Waals surface area contributed by atoms with Crippen LogP contribution in [0.2, 0.25) is 0 Å². The summed E-state index contributed by atoms with van der Waals surface area (Å²) in [5, 5.41) is 11.8. The minimum absolute atomic E-state index is 0. The fourth-order valence-corrected chi connectivity index (χ4v) is 11.3. The second-order valence-electron chi connectivity index (χ2n) is 24.3. The summed E-state index contributed by atoms with van der Waals surface area (Å²) in [7, 11) is 1.53. The number of halogens is 6. The van der Waals surface area contributed by atoms with Crippen molar-refractivity contribution in [3.63, 3.8) is 0 Å². The smallest absolute Gasteiger partial charge is 0.393 e. The number of ether oxygens (including phenoxy) is 1. The van der Waals surface area contributed by atoms with Crippen LogP contribution in [0.15, 0.2) is 0 Å². The first-order valence-corrected chi connectivity index (χ1v) is 30.7. The van der Waals surface area contributed by atoms with Crippen molar-refractivity contribution in [1.29, 1.82) is 0 Å². The van der Waals surface area contributed by atoms with Gasteiger partial charge in [0.1, 0.15) is 5.78 Å². The van der Waals surface area contributed by atoms with Gasteiger partial charge in [-0.05, 0) is 24.2 Å². The molecule has 18 atom stereocenters. The van der Waals surface area contributed by atoms with Gasteiger partial charge in [-0.15, -0.1) is 45.0 Å². The van der Waals surface area contributed by atoms with E-state index in [1.807, 2.05) is 13.8 Å². The van der Waals surface area contributed by atoms with Gasteiger partial charge in [0.2, 0.25) is 35.4 Å². The summed E-state index contributed by atoms with van der Waals surface area (Å²) < 4.78 is 115. The van der Waals surface area contributed by atoms with E-state index in [-0.39, 0.29) is 203 Å². The number of Topliss-reactive ketones (excluding diaryl/α,β-unsaturated/α-hetero) is 1. The van der Waals surface area contributed by atoms with Crippen LogP contribution in [0.5, 0.6) is 0 Å². The first-order valence-electron chi connectivity index (χ1n) is 28.7. The molecule has 7 heterocycles. The molecule has 12 amide bonds. The molecule has 2 aliphatic carbocycles. The second-order valence-corrected chi connectivity index (χ2v) is 25.8. The highest BCUT2D eigenvalue weighted by Crippen LogP contribution is 2.64. The summed E-state index contributed by atoms with van der Waals surface area (Å²) in [6.07, 6.45) is -7.88. The maximum absolute atomic E-state index is 12.4. The standard InChI is InChI=1S/C16H23NO6S.C7H8F3NO5S.C7H8F3NO2.C7H11NO2.C6H9NO3.C6H9NO2.C6H8O3.14CH4/c1-9-10(2)14(20)17(13(9)19)23-24(21)22-8-16-6-5-11(7-12(16)18)15(16,3)4;1-3-4(2)6(13)11(5(3)12)16-17(14)15-7(8,9)10;1-3-4(2)6(13)11(5(3)12)7(8,9)10;1-4-5(2)7(10)8(3)6(4)9;1-3-4(2)6(9)7(10)5(3)8;1-3-4(2)6(9)7-5(3)8;1-3-4(2)6(8)9-5(3)7;;;;;;;;;;;;;;/h9-11H,5-8H2,1-4H3;3-4H,1-2H3;3-4H,1-2H3;4-5H,1-3H3;3-4,10H,1-2H3;3-4H,1-2H3,(H,7,8,9);3-4H,1-2H3;14*1H4. The van der Waals surface area contributed by atoms with Crippen molar-refractivity contribution >= 4 is 111 Å². The molecule has 9 rings (SSSR count). The molecule has 0 radical (unpaired) electrons. The molecule has 106 heavy (non-hydrogen) atoms. The van der Waals surface area contributed by atoms with Gasteiger partial charge in [0.05, 0.1) is 23.9 Å². The van der Waals surface area contributed by atoms with E-state index in [1.54, 1.807) is 69.2 Å². The van der Waals surface area contributed by atoms with Crippen molar-refractivity contribution in [3.8, 4) is 0 Å². The molecule has 0 aromatic heterocycles. The minimum atomic E-state index is -5.19. The number of imide groups is 6. The number of rotatable bonds is 8. The summed E-state index contributed by atoms with van der Waals surface area (Å²) in [6.45, 7) is 26.5. The van der Waals surface area contributed by atoms with E-state index in [9.17, 15) is 107 Å². The number of hydrogen-bond acceptors (Lipinski definition) is 23. The molecule has 2 bridgehead atoms. The lowest BCUT2D eigenvalue weighted by molar-refractivity contribution is -0.275. The average molecular weight is 1590 g/mol. The number of alkyl halides is 6. The van der Waals surface area contributed by atoms with Gasteiger partial charge in [-0.1, -0.05) is 215 Å². The number of hydroxylamine groups is 6. The summed E-state index contributed by atoms with van der Waals surface area (Å²) in [6, 6.07) is 0. The number of cyclic esters (lactones) is 2. The van der Waals surface area contributed by atoms with Crippen molar-refractivity contribution in [2.45, 2.75) is 247 Å². The summed E-state index contributed by atoms with van der Waals surface area (Å²) in [4.78, 5) is 167. The van der Waals surface area contributed by atoms with E-state index in [0.29, 0.717) is 23.8 Å². The molecule has 7 saturated heterocycles. The number of nitrogens with one attached hydrogen (secondary N) is 1. The van der Waals surface area contributed by atoms with E-state index in [2.05, 4.69) is 18.5 Å². The molecule has 0 aromatic carbocycles. The van der Waals surface area contributed by atoms with Crippen LogP contribution in [0, 0.1) is 99.6 Å². The van der Waals surface area contributed by atoms with Crippen LogP contribution >= 0.6 is 0 Å². The van der Waals surface area contributed by atoms with Gasteiger partial charge in [0.25, 0.3) is 35.4 Å². The monoisotopic (exact) mass is 1590 g/mol. The van der Waals surface area contributed by atoms with Crippen LogP contribution < -0.4 is 5.32 Å². The van der Waals surface area contributed by atoms with Crippen molar-refractivity contribution in [3.05, 3.63) is 0 Å². The molecular formula is C69H132F6N6O23S2. The fourth-order valence-electron chi connectivity index (χ4n) is 10.2. The average Bonchev–Trinajstić information content (AvgIpc) is 1.55. The predicted molar refractivity (Wildman–Crippen MR) is 390 cm³/mol. The molecule has 0 spiro atoms. The molecule has 2 saturated carbocycles. The normalized spacial score (nSPS) is 29.3. The van der Waals surface area contributed by atoms with Gasteiger partial charge in [-0.25, -0.2) is 0 Å². The Kier molecular flexibility index (Phi) is 57.8. The fraction of sp³-hybridized carbons (Fsp3) is 0.783. The number of esters is 2. The van der Waals surface area contributed by atoms with Crippen LogP contribution in [-0.2, 0) is 116 Å². The molecule has 7 aliphatic heterocycles. The predicted octanol–water partition coefficient (Wildman–Crippen LogP) is 12.8. The lowest BCUT2D eigenvalue weighted by Crippen LogP contribution is -2.42. The van der Waals surface area contributed by atoms with E-state index in [0.717, 1.165) is 6.42 Å². The molecule has 18 unspecified atom stereocenters. The molecule has 0 aromatic rings. The van der Waals surface area contributed by atoms with Crippen molar-refractivity contribution in [2.75, 3.05) is 13.7 Å². The number of amides is 12. The Labute approximate surface area is 632 Å². The maximum Gasteiger partial charge on any atom is 0.537 e. The molecule has 9 aliphatic rings. The van der Waals surface area contributed by atoms with E-state index in [1.165, 1.54) is 39.6 Å². The third-order valence-corrected chi connectivity index (χ3v) is 19.9. The van der Waals surface area contributed by atoms with Crippen molar-refractivity contribution < 1.29 is 134 Å². The van der Waals surface area contributed by atoms with Crippen LogP contribution in [0.1, 0.15) is 234 Å². The van der Waals surface area contributed by atoms with Crippen LogP contribution in [-0.4, -0.2) is 154 Å². The van der Waals surface area contributed by atoms with Gasteiger partial charge >= 0.3 is 47.3 Å². The highest BCUT2D eigenvalue weighted by molar-refractivity contribution is 7.75. The third kappa shape index (κ3) is 27.5. The topological polar surface area (TPSA) is 385 Å². The van der Waals surface area contributed by atoms with Crippen LogP contribution in [0.25, 0.3) is 0 Å². The summed E-state index contributed by atoms with van der Waals surface area (Å²) >= 11 is -5.59. The third-order valence-electron chi connectivity index (χ3n) is 18.7. The molecule has 29 nitrogen and oxygen atoms in total. The minimum Gasteiger partial charge on any atom is -0.393 e. The Morgan fingerprint density at radius 1 is 0.443 bits per heavy atom. The van der Waals surface area contributed by atoms with Crippen molar-refractivity contribution in [1.82, 2.24) is 30.3 Å². The highest BCUT2D eigenvalue weighted by Gasteiger charge is 2.65. The summed E-state index contributed by atoms with van der Waals surface area (Å²) in [5.41, 5.74) is -0.868. The van der Waals surface area contributed by atoms with Gasteiger partial charge < -0.3 is 4.74 Å². The molecule has 37 heteroatoms. The number of nitrogens with zero attached hydrogens (tertiary/aromatic N) is 5. The highest BCUT2D eigenvalue weighted by atomic mass is 32.2. The van der Waals surface area contributed by atoms with Crippen LogP contribution in [0.3, 0.4) is 0 Å². The lowest BCUT2D eigenvalue weighted by atomic mass is 9.69. The quantitative estimate of drug-likeness (QED) is 0.0569. The molecular weight excluding hydrogens is 1460 g/mol. The largest absolute Gasteiger partial charge is 0.537 e. The molecule has 2 N–H and O–H groups in total. The Bertz CT molecular complexity index is 2830. The zero-order chi connectivity index (χ0) is 71.4. The Morgan fingerprint density at radius 2 is 0.726 bits per heavy atom. The summed E-state index contributed by atoms with van der Waals surface area (Å²) in [5.74, 6) is -12.9. The van der Waals surface area contributed by atoms with Gasteiger partial charge in [0, 0.05) is 84.5 Å². The lowest BCUT2D eigenvalue weighted by Gasteiger charge is -2.35. The second kappa shape index (κ2) is 48.7. The van der Waals surface area contributed by atoms with Gasteiger partial charge in [-0.3, -0.25) is 91.5 Å². The van der Waals surface area contributed by atoms with Crippen molar-refractivity contribution in [2.24, 2.45) is 99.6 Å². The first kappa shape index (κ1) is 126. The number of carbonyl (C=O) groups excluding carboxylic acids is 15. The number of ketones is 1. The van der Waals surface area contributed by atoms with Gasteiger partial charge in [0.15, 0.2) is 0 Å². The Morgan fingerprint density at radius 3 is 0.915 bits per heavy atom. The first-order chi connectivity index (χ1) is 41.9. The Balaban J connectivity index is -0.0000000979. The zero-order valence-corrected chi connectivity index (χ0v) is 54.9. The molecule has 630 valence electrons.